The van der Waals surface area contributed by atoms with Crippen molar-refractivity contribution in [3.63, 3.8) is 0 Å². The highest BCUT2D eigenvalue weighted by Crippen LogP contribution is 2.41. The fourth-order valence-electron chi connectivity index (χ4n) is 2.77. The Balaban J connectivity index is 2.21. The van der Waals surface area contributed by atoms with Crippen LogP contribution in [0.25, 0.3) is 11.3 Å². The third-order valence-corrected chi connectivity index (χ3v) is 5.11. The second-order valence-corrected chi connectivity index (χ2v) is 6.64. The molecule has 3 aromatic rings. The van der Waals surface area contributed by atoms with Gasteiger partial charge >= 0.3 is 6.18 Å². The summed E-state index contributed by atoms with van der Waals surface area (Å²) in [4.78, 5) is 0. The van der Waals surface area contributed by atoms with E-state index in [2.05, 4.69) is 0 Å². The summed E-state index contributed by atoms with van der Waals surface area (Å²) in [6, 6.07) is 18.6. The molecule has 1 aromatic heterocycles. The van der Waals surface area contributed by atoms with E-state index in [0.717, 1.165) is 11.1 Å². The van der Waals surface area contributed by atoms with Crippen molar-refractivity contribution in [1.29, 1.82) is 0 Å². The molecule has 0 fully saturated rings. The Hall–Kier alpha value is -1.76. The van der Waals surface area contributed by atoms with Gasteiger partial charge in [-0.15, -0.1) is 0 Å². The second-order valence-electron chi connectivity index (χ2n) is 5.56. The molecule has 1 unspecified atom stereocenters. The molecule has 0 aliphatic carbocycles. The summed E-state index contributed by atoms with van der Waals surface area (Å²) in [6.45, 7) is 1.91. The zero-order valence-corrected chi connectivity index (χ0v) is 15.0. The van der Waals surface area contributed by atoms with Crippen molar-refractivity contribution < 1.29 is 13.2 Å². The van der Waals surface area contributed by atoms with Gasteiger partial charge in [0.2, 0.25) is 0 Å². The van der Waals surface area contributed by atoms with Gasteiger partial charge in [0.15, 0.2) is 0 Å². The number of benzene rings is 2. The largest absolute Gasteiger partial charge is 0.418 e. The van der Waals surface area contributed by atoms with Crippen LogP contribution in [0.15, 0.2) is 66.9 Å². The van der Waals surface area contributed by atoms with Crippen molar-refractivity contribution in [1.82, 2.24) is 4.57 Å². The number of nitrogens with zero attached hydrogens (tertiary/aromatic N) is 1. The van der Waals surface area contributed by atoms with Crippen molar-refractivity contribution in [2.45, 2.75) is 19.1 Å². The number of alkyl halides is 3. The monoisotopic (exact) mass is 441 g/mol. The van der Waals surface area contributed by atoms with E-state index in [1.165, 1.54) is 6.20 Å². The highest BCUT2D eigenvalue weighted by molar-refractivity contribution is 14.1. The maximum Gasteiger partial charge on any atom is 0.418 e. The molecule has 5 heteroatoms. The maximum absolute atomic E-state index is 13.4. The van der Waals surface area contributed by atoms with Crippen LogP contribution in [-0.2, 0) is 6.18 Å². The second kappa shape index (κ2) is 6.63. The molecule has 0 spiro atoms. The lowest BCUT2D eigenvalue weighted by atomic mass is 10.1. The molecule has 0 saturated heterocycles. The van der Waals surface area contributed by atoms with Gasteiger partial charge in [-0.05, 0) is 40.6 Å². The molecule has 24 heavy (non-hydrogen) atoms. The number of rotatable bonds is 3. The van der Waals surface area contributed by atoms with Gasteiger partial charge < -0.3 is 4.57 Å². The minimum absolute atomic E-state index is 0.203. The fraction of sp³-hybridized carbons (Fsp3) is 0.158. The van der Waals surface area contributed by atoms with Gasteiger partial charge in [0.05, 0.1) is 20.9 Å². The lowest BCUT2D eigenvalue weighted by molar-refractivity contribution is -0.138. The first-order chi connectivity index (χ1) is 11.4. The van der Waals surface area contributed by atoms with Gasteiger partial charge in [-0.25, -0.2) is 0 Å². The molecule has 124 valence electrons. The van der Waals surface area contributed by atoms with Crippen LogP contribution in [0.4, 0.5) is 13.2 Å². The van der Waals surface area contributed by atoms with Crippen molar-refractivity contribution in [3.05, 3.63) is 81.6 Å². The topological polar surface area (TPSA) is 4.93 Å². The van der Waals surface area contributed by atoms with Crippen LogP contribution >= 0.6 is 22.6 Å². The first-order valence-corrected chi connectivity index (χ1v) is 8.55. The molecule has 0 N–H and O–H groups in total. The fourth-order valence-corrected chi connectivity index (χ4v) is 3.80. The first kappa shape index (κ1) is 17.1. The molecule has 1 nitrogen and oxygen atoms in total. The number of halogens is 4. The molecule has 0 saturated carbocycles. The molecular weight excluding hydrogens is 426 g/mol. The SMILES string of the molecule is CC(c1ccccc1)n1cc(C(F)(F)F)c(I)c1-c1ccccc1. The molecule has 2 aromatic carbocycles. The van der Waals surface area contributed by atoms with Gasteiger partial charge in [-0.1, -0.05) is 60.7 Å². The molecule has 3 rings (SSSR count). The summed E-state index contributed by atoms with van der Waals surface area (Å²) in [6.07, 6.45) is -3.15. The van der Waals surface area contributed by atoms with E-state index in [9.17, 15) is 13.2 Å². The van der Waals surface area contributed by atoms with Gasteiger partial charge in [0, 0.05) is 6.20 Å². The molecular formula is C19H15F3IN. The Morgan fingerprint density at radius 2 is 1.46 bits per heavy atom. The van der Waals surface area contributed by atoms with Gasteiger partial charge in [0.25, 0.3) is 0 Å². The molecule has 1 atom stereocenters. The molecule has 0 bridgehead atoms. The minimum atomic E-state index is -4.37. The third kappa shape index (κ3) is 3.22. The van der Waals surface area contributed by atoms with E-state index in [1.807, 2.05) is 67.6 Å². The van der Waals surface area contributed by atoms with Crippen molar-refractivity contribution >= 4 is 22.6 Å². The summed E-state index contributed by atoms with van der Waals surface area (Å²) < 4.78 is 42.2. The van der Waals surface area contributed by atoms with Gasteiger partial charge in [-0.3, -0.25) is 0 Å². The average molecular weight is 441 g/mol. The van der Waals surface area contributed by atoms with E-state index >= 15 is 0 Å². The number of aromatic nitrogens is 1. The minimum Gasteiger partial charge on any atom is -0.339 e. The van der Waals surface area contributed by atoms with Crippen molar-refractivity contribution in [3.8, 4) is 11.3 Å². The Morgan fingerprint density at radius 3 is 2.00 bits per heavy atom. The number of hydrogen-bond acceptors (Lipinski definition) is 0. The standard InChI is InChI=1S/C19H15F3IN/c1-13(14-8-4-2-5-9-14)24-12-16(19(20,21)22)17(23)18(24)15-10-6-3-7-11-15/h2-13H,1H3. The van der Waals surface area contributed by atoms with Crippen LogP contribution in [0, 0.1) is 3.57 Å². The first-order valence-electron chi connectivity index (χ1n) is 7.47. The molecule has 0 aliphatic rings. The summed E-state index contributed by atoms with van der Waals surface area (Å²) >= 11 is 1.80. The summed E-state index contributed by atoms with van der Waals surface area (Å²) in [5, 5.41) is 0. The van der Waals surface area contributed by atoms with E-state index < -0.39 is 11.7 Å². The Labute approximate surface area is 152 Å². The molecule has 0 radical (unpaired) electrons. The summed E-state index contributed by atoms with van der Waals surface area (Å²) in [5.41, 5.74) is 1.75. The van der Waals surface area contributed by atoms with E-state index in [0.29, 0.717) is 5.69 Å². The Kier molecular flexibility index (Phi) is 4.71. The Morgan fingerprint density at radius 1 is 0.917 bits per heavy atom. The molecule has 1 heterocycles. The zero-order chi connectivity index (χ0) is 17.3. The van der Waals surface area contributed by atoms with Gasteiger partial charge in [-0.2, -0.15) is 13.2 Å². The van der Waals surface area contributed by atoms with Gasteiger partial charge in [0.1, 0.15) is 0 Å². The zero-order valence-electron chi connectivity index (χ0n) is 12.9. The predicted octanol–water partition coefficient (Wildman–Crippen LogP) is 6.39. The Bertz CT molecular complexity index is 823. The highest BCUT2D eigenvalue weighted by atomic mass is 127. The normalized spacial score (nSPS) is 13.0. The van der Waals surface area contributed by atoms with Crippen LogP contribution in [0.1, 0.15) is 24.1 Å². The van der Waals surface area contributed by atoms with Crippen LogP contribution in [0.3, 0.4) is 0 Å². The number of hydrogen-bond donors (Lipinski definition) is 0. The van der Waals surface area contributed by atoms with Crippen LogP contribution < -0.4 is 0 Å². The summed E-state index contributed by atoms with van der Waals surface area (Å²) in [7, 11) is 0. The quantitative estimate of drug-likeness (QED) is 0.416. The molecule has 0 aliphatic heterocycles. The van der Waals surface area contributed by atoms with E-state index in [4.69, 9.17) is 0 Å². The van der Waals surface area contributed by atoms with E-state index in [1.54, 1.807) is 27.2 Å². The lowest BCUT2D eigenvalue weighted by Gasteiger charge is -2.18. The average Bonchev–Trinajstić information content (AvgIpc) is 2.93. The molecule has 0 amide bonds. The third-order valence-electron chi connectivity index (χ3n) is 4.02. The van der Waals surface area contributed by atoms with Crippen LogP contribution in [0.5, 0.6) is 0 Å². The smallest absolute Gasteiger partial charge is 0.339 e. The van der Waals surface area contributed by atoms with Crippen molar-refractivity contribution in [2.24, 2.45) is 0 Å². The highest BCUT2D eigenvalue weighted by Gasteiger charge is 2.37. The lowest BCUT2D eigenvalue weighted by Crippen LogP contribution is -2.08. The van der Waals surface area contributed by atoms with Crippen molar-refractivity contribution in [2.75, 3.05) is 0 Å². The summed E-state index contributed by atoms with van der Waals surface area (Å²) in [5.74, 6) is 0. The van der Waals surface area contributed by atoms with Crippen LogP contribution in [-0.4, -0.2) is 4.57 Å². The van der Waals surface area contributed by atoms with Crippen LogP contribution in [0.2, 0.25) is 0 Å². The predicted molar refractivity (Wildman–Crippen MR) is 97.8 cm³/mol. The van der Waals surface area contributed by atoms with E-state index in [-0.39, 0.29) is 9.61 Å². The maximum atomic E-state index is 13.4.